The lowest BCUT2D eigenvalue weighted by molar-refractivity contribution is -0.139. The van der Waals surface area contributed by atoms with Crippen molar-refractivity contribution in [2.75, 3.05) is 19.6 Å². The molecule has 12 heteroatoms. The molecule has 1 aliphatic rings. The monoisotopic (exact) mass is 683 g/mol. The van der Waals surface area contributed by atoms with Gasteiger partial charge in [-0.3, -0.25) is 15.0 Å². The first-order valence-corrected chi connectivity index (χ1v) is 16.9. The summed E-state index contributed by atoms with van der Waals surface area (Å²) in [6.07, 6.45) is -2.88. The Hall–Kier alpha value is -4.03. The van der Waals surface area contributed by atoms with E-state index >= 15 is 0 Å². The standard InChI is InChI=1S/C36H41F4N5O2S/c1-5-43-20-18-33(19-21-43)44(22-27-6-10-29(11-7-27)30-12-14-31(15-13-30)36(38,39)40)34(47)25(3)45(42-24(2)26(4)46)35(41)48-23-28-8-16-32(37)17-9-28/h6-17,25,33,41H,5,18-23H2,1-4H3/b41-35?,42-24-. The highest BCUT2D eigenvalue weighted by Gasteiger charge is 2.34. The molecule has 1 N–H and O–H groups in total. The van der Waals surface area contributed by atoms with Gasteiger partial charge in [-0.15, -0.1) is 0 Å². The van der Waals surface area contributed by atoms with E-state index in [1.807, 2.05) is 29.2 Å². The van der Waals surface area contributed by atoms with Crippen LogP contribution < -0.4 is 0 Å². The SMILES string of the molecule is CCN1CCC(N(Cc2ccc(-c3ccc(C(F)(F)F)cc3)cc2)C(=O)C(C)N(/N=C(/C)C(C)=O)C(=N)SCc2ccc(F)cc2)CC1. The fourth-order valence-electron chi connectivity index (χ4n) is 5.47. The van der Waals surface area contributed by atoms with Crippen LogP contribution in [0.2, 0.25) is 0 Å². The van der Waals surface area contributed by atoms with Gasteiger partial charge >= 0.3 is 6.18 Å². The fourth-order valence-corrected chi connectivity index (χ4v) is 6.30. The lowest BCUT2D eigenvalue weighted by Crippen LogP contribution is -2.53. The zero-order valence-electron chi connectivity index (χ0n) is 27.6. The molecule has 1 fully saturated rings. The van der Waals surface area contributed by atoms with Crippen molar-refractivity contribution in [3.8, 4) is 11.1 Å². The zero-order chi connectivity index (χ0) is 35.0. The maximum atomic E-state index is 14.4. The van der Waals surface area contributed by atoms with Crippen molar-refractivity contribution in [1.82, 2.24) is 14.8 Å². The summed E-state index contributed by atoms with van der Waals surface area (Å²) < 4.78 is 52.5. The highest BCUT2D eigenvalue weighted by Crippen LogP contribution is 2.31. The largest absolute Gasteiger partial charge is 0.416 e. The normalized spacial score (nSPS) is 15.2. The van der Waals surface area contributed by atoms with Crippen molar-refractivity contribution in [3.63, 3.8) is 0 Å². The van der Waals surface area contributed by atoms with Crippen LogP contribution in [-0.4, -0.2) is 69.1 Å². The zero-order valence-corrected chi connectivity index (χ0v) is 28.4. The first-order chi connectivity index (χ1) is 22.8. The highest BCUT2D eigenvalue weighted by atomic mass is 32.2. The van der Waals surface area contributed by atoms with Crippen LogP contribution >= 0.6 is 11.8 Å². The van der Waals surface area contributed by atoms with Gasteiger partial charge in [0.15, 0.2) is 11.0 Å². The van der Waals surface area contributed by atoms with Gasteiger partial charge in [0.2, 0.25) is 5.91 Å². The molecule has 1 heterocycles. The number of Topliss-reactive ketones (excluding diaryl/α,β-unsaturated/α-hetero) is 1. The number of carbonyl (C=O) groups is 2. The average molecular weight is 684 g/mol. The summed E-state index contributed by atoms with van der Waals surface area (Å²) in [6.45, 7) is 9.56. The van der Waals surface area contributed by atoms with Crippen LogP contribution in [0.3, 0.4) is 0 Å². The Morgan fingerprint density at radius 3 is 2.00 bits per heavy atom. The van der Waals surface area contributed by atoms with E-state index in [-0.39, 0.29) is 41.0 Å². The number of ketones is 1. The van der Waals surface area contributed by atoms with Crippen LogP contribution in [0, 0.1) is 11.2 Å². The number of rotatable bonds is 11. The van der Waals surface area contributed by atoms with Gasteiger partial charge in [0.25, 0.3) is 0 Å². The first-order valence-electron chi connectivity index (χ1n) is 15.9. The second-order valence-corrected chi connectivity index (χ2v) is 12.9. The van der Waals surface area contributed by atoms with E-state index in [0.717, 1.165) is 73.1 Å². The van der Waals surface area contributed by atoms with Gasteiger partial charge in [-0.2, -0.15) is 18.3 Å². The Morgan fingerprint density at radius 2 is 1.48 bits per heavy atom. The summed E-state index contributed by atoms with van der Waals surface area (Å²) in [4.78, 5) is 30.7. The molecule has 1 saturated heterocycles. The van der Waals surface area contributed by atoms with E-state index in [1.165, 1.54) is 36.2 Å². The molecule has 7 nitrogen and oxygen atoms in total. The number of likely N-dealkylation sites (tertiary alicyclic amines) is 1. The number of amides is 1. The predicted octanol–water partition coefficient (Wildman–Crippen LogP) is 7.85. The average Bonchev–Trinajstić information content (AvgIpc) is 3.08. The molecule has 48 heavy (non-hydrogen) atoms. The molecule has 3 aromatic carbocycles. The van der Waals surface area contributed by atoms with Crippen molar-refractivity contribution in [3.05, 3.63) is 95.3 Å². The van der Waals surface area contributed by atoms with Gasteiger partial charge in [0.05, 0.1) is 5.56 Å². The van der Waals surface area contributed by atoms with E-state index < -0.39 is 17.8 Å². The number of benzene rings is 3. The Bertz CT molecular complexity index is 1590. The third-order valence-electron chi connectivity index (χ3n) is 8.57. The number of nitrogens with one attached hydrogen (secondary N) is 1. The summed E-state index contributed by atoms with van der Waals surface area (Å²) in [7, 11) is 0. The molecule has 256 valence electrons. The summed E-state index contributed by atoms with van der Waals surface area (Å²) in [5, 5.41) is 14.5. The number of hydrogen-bond donors (Lipinski definition) is 1. The molecule has 0 radical (unpaired) electrons. The number of piperidine rings is 1. The van der Waals surface area contributed by atoms with Gasteiger partial charge in [0.1, 0.15) is 17.6 Å². The van der Waals surface area contributed by atoms with Gasteiger partial charge in [0, 0.05) is 38.4 Å². The minimum Gasteiger partial charge on any atom is -0.333 e. The lowest BCUT2D eigenvalue weighted by Gasteiger charge is -2.40. The third kappa shape index (κ3) is 9.76. The fraction of sp³-hybridized carbons (Fsp3) is 0.389. The molecule has 0 bridgehead atoms. The molecular weight excluding hydrogens is 642 g/mol. The van der Waals surface area contributed by atoms with Crippen LogP contribution in [0.25, 0.3) is 11.1 Å². The summed E-state index contributed by atoms with van der Waals surface area (Å²) >= 11 is 1.13. The molecule has 0 aromatic heterocycles. The van der Waals surface area contributed by atoms with Crippen LogP contribution in [0.1, 0.15) is 57.2 Å². The van der Waals surface area contributed by atoms with Crippen LogP contribution in [0.4, 0.5) is 17.6 Å². The van der Waals surface area contributed by atoms with Crippen LogP contribution in [0.15, 0.2) is 77.9 Å². The molecule has 0 aliphatic carbocycles. The van der Waals surface area contributed by atoms with Crippen molar-refractivity contribution in [2.45, 2.75) is 71.1 Å². The molecule has 0 spiro atoms. The number of halogens is 4. The number of thioether (sulfide) groups is 1. The molecule has 1 amide bonds. The Labute approximate surface area is 283 Å². The third-order valence-corrected chi connectivity index (χ3v) is 9.51. The van der Waals surface area contributed by atoms with Crippen molar-refractivity contribution < 1.29 is 27.2 Å². The molecular formula is C36H41F4N5O2S. The first kappa shape index (κ1) is 36.8. The minimum absolute atomic E-state index is 0.0255. The smallest absolute Gasteiger partial charge is 0.333 e. The van der Waals surface area contributed by atoms with E-state index in [1.54, 1.807) is 26.0 Å². The second-order valence-electron chi connectivity index (χ2n) is 11.9. The van der Waals surface area contributed by atoms with Crippen molar-refractivity contribution >= 4 is 34.3 Å². The Kier molecular flexibility index (Phi) is 12.6. The summed E-state index contributed by atoms with van der Waals surface area (Å²) in [5.41, 5.74) is 2.49. The molecule has 1 aliphatic heterocycles. The van der Waals surface area contributed by atoms with Crippen molar-refractivity contribution in [2.24, 2.45) is 5.10 Å². The quantitative estimate of drug-likeness (QED) is 0.0964. The van der Waals surface area contributed by atoms with Crippen LogP contribution in [0.5, 0.6) is 0 Å². The Morgan fingerprint density at radius 1 is 0.938 bits per heavy atom. The molecule has 1 unspecified atom stereocenters. The molecule has 4 rings (SSSR count). The van der Waals surface area contributed by atoms with Gasteiger partial charge in [-0.1, -0.05) is 67.2 Å². The number of carbonyl (C=O) groups excluding carboxylic acids is 2. The highest BCUT2D eigenvalue weighted by molar-refractivity contribution is 8.13. The van der Waals surface area contributed by atoms with Gasteiger partial charge in [-0.25, -0.2) is 9.40 Å². The molecule has 3 aromatic rings. The predicted molar refractivity (Wildman–Crippen MR) is 183 cm³/mol. The summed E-state index contributed by atoms with van der Waals surface area (Å²) in [6, 6.07) is 17.4. The topological polar surface area (TPSA) is 80.1 Å². The number of alkyl halides is 3. The van der Waals surface area contributed by atoms with E-state index in [2.05, 4.69) is 16.9 Å². The number of hydrazone groups is 1. The number of nitrogens with zero attached hydrogens (tertiary/aromatic N) is 4. The number of amidine groups is 1. The Balaban J connectivity index is 1.58. The van der Waals surface area contributed by atoms with Gasteiger partial charge in [-0.05, 0) is 79.8 Å². The van der Waals surface area contributed by atoms with E-state index in [0.29, 0.717) is 11.3 Å². The maximum absolute atomic E-state index is 14.4. The van der Waals surface area contributed by atoms with E-state index in [4.69, 9.17) is 5.41 Å². The number of hydrogen-bond acceptors (Lipinski definition) is 6. The van der Waals surface area contributed by atoms with Gasteiger partial charge < -0.3 is 9.80 Å². The maximum Gasteiger partial charge on any atom is 0.416 e. The van der Waals surface area contributed by atoms with E-state index in [9.17, 15) is 27.2 Å². The second kappa shape index (κ2) is 16.4. The molecule has 0 saturated carbocycles. The molecule has 1 atom stereocenters. The minimum atomic E-state index is -4.41. The van der Waals surface area contributed by atoms with Crippen LogP contribution in [-0.2, 0) is 28.1 Å². The lowest BCUT2D eigenvalue weighted by atomic mass is 9.99. The van der Waals surface area contributed by atoms with Crippen molar-refractivity contribution in [1.29, 1.82) is 5.41 Å². The summed E-state index contributed by atoms with van der Waals surface area (Å²) in [5.74, 6) is -0.548.